The SMILES string of the molecule is Cc1cc(C(=O)N2CCC(OC3CCC3)CC2)ns1. The second-order valence-corrected chi connectivity index (χ2v) is 6.51. The highest BCUT2D eigenvalue weighted by Crippen LogP contribution is 2.26. The van der Waals surface area contributed by atoms with Crippen molar-refractivity contribution in [1.82, 2.24) is 9.27 Å². The third-order valence-electron chi connectivity index (χ3n) is 4.01. The normalized spacial score (nSPS) is 21.4. The van der Waals surface area contributed by atoms with Gasteiger partial charge in [0.1, 0.15) is 5.69 Å². The third kappa shape index (κ3) is 2.98. The first-order valence-electron chi connectivity index (χ1n) is 7.10. The van der Waals surface area contributed by atoms with Gasteiger partial charge >= 0.3 is 0 Å². The highest BCUT2D eigenvalue weighted by molar-refractivity contribution is 7.05. The molecule has 0 N–H and O–H groups in total. The van der Waals surface area contributed by atoms with Crippen LogP contribution in [0.4, 0.5) is 0 Å². The van der Waals surface area contributed by atoms with Gasteiger partial charge in [0.05, 0.1) is 12.2 Å². The lowest BCUT2D eigenvalue weighted by Gasteiger charge is -2.36. The van der Waals surface area contributed by atoms with Gasteiger partial charge in [0.25, 0.3) is 5.91 Å². The summed E-state index contributed by atoms with van der Waals surface area (Å²) in [6, 6.07) is 1.88. The number of ether oxygens (including phenoxy) is 1. The molecule has 1 saturated heterocycles. The molecule has 0 aromatic carbocycles. The zero-order valence-corrected chi connectivity index (χ0v) is 12.1. The fourth-order valence-corrected chi connectivity index (χ4v) is 3.14. The molecule has 2 heterocycles. The van der Waals surface area contributed by atoms with Crippen LogP contribution in [0.1, 0.15) is 47.5 Å². The lowest BCUT2D eigenvalue weighted by atomic mass is 9.95. The lowest BCUT2D eigenvalue weighted by Crippen LogP contribution is -2.42. The quantitative estimate of drug-likeness (QED) is 0.854. The molecule has 1 aromatic heterocycles. The number of carbonyl (C=O) groups excluding carboxylic acids is 1. The largest absolute Gasteiger partial charge is 0.375 e. The van der Waals surface area contributed by atoms with Crippen molar-refractivity contribution in [2.75, 3.05) is 13.1 Å². The van der Waals surface area contributed by atoms with Crippen LogP contribution in [0.2, 0.25) is 0 Å². The van der Waals surface area contributed by atoms with Gasteiger partial charge in [0.2, 0.25) is 0 Å². The maximum Gasteiger partial charge on any atom is 0.273 e. The highest BCUT2D eigenvalue weighted by atomic mass is 32.1. The minimum atomic E-state index is 0.0754. The van der Waals surface area contributed by atoms with Gasteiger partial charge in [0.15, 0.2) is 0 Å². The summed E-state index contributed by atoms with van der Waals surface area (Å²) in [4.78, 5) is 15.2. The van der Waals surface area contributed by atoms with Crippen molar-refractivity contribution in [3.63, 3.8) is 0 Å². The number of nitrogens with zero attached hydrogens (tertiary/aromatic N) is 2. The van der Waals surface area contributed by atoms with E-state index in [1.165, 1.54) is 30.8 Å². The van der Waals surface area contributed by atoms with Crippen LogP contribution in [0.15, 0.2) is 6.07 Å². The molecule has 1 saturated carbocycles. The van der Waals surface area contributed by atoms with Crippen LogP contribution in [0.25, 0.3) is 0 Å². The number of likely N-dealkylation sites (tertiary alicyclic amines) is 1. The smallest absolute Gasteiger partial charge is 0.273 e. The van der Waals surface area contributed by atoms with E-state index in [-0.39, 0.29) is 5.91 Å². The van der Waals surface area contributed by atoms with Crippen LogP contribution in [0, 0.1) is 6.92 Å². The molecule has 0 bridgehead atoms. The number of aromatic nitrogens is 1. The summed E-state index contributed by atoms with van der Waals surface area (Å²) < 4.78 is 10.2. The Morgan fingerprint density at radius 2 is 2.00 bits per heavy atom. The zero-order chi connectivity index (χ0) is 13.2. The molecule has 1 aliphatic heterocycles. The molecule has 5 heteroatoms. The number of hydrogen-bond acceptors (Lipinski definition) is 4. The molecular formula is C14H20N2O2S. The van der Waals surface area contributed by atoms with Crippen LogP contribution >= 0.6 is 11.5 Å². The third-order valence-corrected chi connectivity index (χ3v) is 4.71. The monoisotopic (exact) mass is 280 g/mol. The highest BCUT2D eigenvalue weighted by Gasteiger charge is 2.28. The Morgan fingerprint density at radius 1 is 1.32 bits per heavy atom. The van der Waals surface area contributed by atoms with Gasteiger partial charge in [0, 0.05) is 18.0 Å². The number of rotatable bonds is 3. The van der Waals surface area contributed by atoms with Gasteiger partial charge in [-0.05, 0) is 56.6 Å². The van der Waals surface area contributed by atoms with Crippen molar-refractivity contribution < 1.29 is 9.53 Å². The predicted octanol–water partition coefficient (Wildman–Crippen LogP) is 2.63. The summed E-state index contributed by atoms with van der Waals surface area (Å²) in [6.45, 7) is 3.58. The maximum atomic E-state index is 12.2. The Morgan fingerprint density at radius 3 is 2.53 bits per heavy atom. The molecule has 2 aliphatic rings. The Hall–Kier alpha value is -0.940. The van der Waals surface area contributed by atoms with Crippen LogP contribution in [-0.2, 0) is 4.74 Å². The van der Waals surface area contributed by atoms with Gasteiger partial charge in [-0.15, -0.1) is 0 Å². The molecule has 3 rings (SSSR count). The molecule has 1 aromatic rings. The summed E-state index contributed by atoms with van der Waals surface area (Å²) in [5.41, 5.74) is 0.598. The predicted molar refractivity (Wildman–Crippen MR) is 74.5 cm³/mol. The summed E-state index contributed by atoms with van der Waals surface area (Å²) in [6.07, 6.45) is 6.52. The second-order valence-electron chi connectivity index (χ2n) is 5.50. The molecule has 0 unspecified atom stereocenters. The van der Waals surface area contributed by atoms with E-state index in [1.807, 2.05) is 17.9 Å². The van der Waals surface area contributed by atoms with E-state index < -0.39 is 0 Å². The topological polar surface area (TPSA) is 42.4 Å². The van der Waals surface area contributed by atoms with E-state index in [0.29, 0.717) is 17.9 Å². The van der Waals surface area contributed by atoms with E-state index in [4.69, 9.17) is 4.74 Å². The summed E-state index contributed by atoms with van der Waals surface area (Å²) in [7, 11) is 0. The van der Waals surface area contributed by atoms with Crippen LogP contribution in [-0.4, -0.2) is 40.5 Å². The van der Waals surface area contributed by atoms with Gasteiger partial charge in [-0.25, -0.2) is 0 Å². The Balaban J connectivity index is 1.50. The molecule has 2 fully saturated rings. The number of carbonyl (C=O) groups is 1. The number of amides is 1. The van der Waals surface area contributed by atoms with Gasteiger partial charge in [-0.3, -0.25) is 4.79 Å². The van der Waals surface area contributed by atoms with Crippen molar-refractivity contribution in [3.05, 3.63) is 16.6 Å². The summed E-state index contributed by atoms with van der Waals surface area (Å²) in [5.74, 6) is 0.0754. The molecule has 4 nitrogen and oxygen atoms in total. The number of hydrogen-bond donors (Lipinski definition) is 0. The number of aryl methyl sites for hydroxylation is 1. The molecule has 0 radical (unpaired) electrons. The maximum absolute atomic E-state index is 12.2. The van der Waals surface area contributed by atoms with Crippen molar-refractivity contribution >= 4 is 17.4 Å². The Bertz CT molecular complexity index is 448. The van der Waals surface area contributed by atoms with Crippen molar-refractivity contribution in [2.24, 2.45) is 0 Å². The second kappa shape index (κ2) is 5.59. The zero-order valence-electron chi connectivity index (χ0n) is 11.3. The van der Waals surface area contributed by atoms with E-state index in [0.717, 1.165) is 30.8 Å². The Kier molecular flexibility index (Phi) is 3.84. The van der Waals surface area contributed by atoms with E-state index in [9.17, 15) is 4.79 Å². The fourth-order valence-electron chi connectivity index (χ4n) is 2.60. The van der Waals surface area contributed by atoms with Crippen LogP contribution in [0.5, 0.6) is 0 Å². The number of piperidine rings is 1. The summed E-state index contributed by atoms with van der Waals surface area (Å²) in [5, 5.41) is 0. The first kappa shape index (κ1) is 13.1. The van der Waals surface area contributed by atoms with E-state index in [1.54, 1.807) is 0 Å². The van der Waals surface area contributed by atoms with Gasteiger partial charge in [-0.1, -0.05) is 0 Å². The summed E-state index contributed by atoms with van der Waals surface area (Å²) >= 11 is 1.39. The van der Waals surface area contributed by atoms with Crippen molar-refractivity contribution in [2.45, 2.75) is 51.2 Å². The van der Waals surface area contributed by atoms with Crippen LogP contribution in [0.3, 0.4) is 0 Å². The first-order chi connectivity index (χ1) is 9.22. The van der Waals surface area contributed by atoms with Crippen molar-refractivity contribution in [1.29, 1.82) is 0 Å². The van der Waals surface area contributed by atoms with E-state index in [2.05, 4.69) is 4.37 Å². The lowest BCUT2D eigenvalue weighted by molar-refractivity contribution is -0.0706. The minimum Gasteiger partial charge on any atom is -0.375 e. The molecule has 19 heavy (non-hydrogen) atoms. The molecule has 104 valence electrons. The van der Waals surface area contributed by atoms with Gasteiger partial charge in [-0.2, -0.15) is 4.37 Å². The molecule has 1 aliphatic carbocycles. The average Bonchev–Trinajstić information content (AvgIpc) is 2.80. The van der Waals surface area contributed by atoms with Crippen molar-refractivity contribution in [3.8, 4) is 0 Å². The van der Waals surface area contributed by atoms with Gasteiger partial charge < -0.3 is 9.64 Å². The van der Waals surface area contributed by atoms with Crippen LogP contribution < -0.4 is 0 Å². The van der Waals surface area contributed by atoms with E-state index >= 15 is 0 Å². The first-order valence-corrected chi connectivity index (χ1v) is 7.88. The molecular weight excluding hydrogens is 260 g/mol. The molecule has 0 atom stereocenters. The fraction of sp³-hybridized carbons (Fsp3) is 0.714. The molecule has 1 amide bonds. The standard InChI is InChI=1S/C14H20N2O2S/c1-10-9-13(15-19-10)14(17)16-7-5-12(6-8-16)18-11-3-2-4-11/h9,11-12H,2-8H2,1H3. The average molecular weight is 280 g/mol. The minimum absolute atomic E-state index is 0.0754. The Labute approximate surface area is 117 Å². The molecule has 0 spiro atoms.